The highest BCUT2D eigenvalue weighted by molar-refractivity contribution is 6.33. The first-order valence-electron chi connectivity index (χ1n) is 8.64. The van der Waals surface area contributed by atoms with Gasteiger partial charge in [0, 0.05) is 25.1 Å². The Balaban J connectivity index is 1.89. The van der Waals surface area contributed by atoms with E-state index in [1.807, 2.05) is 19.0 Å². The average Bonchev–Trinajstić information content (AvgIpc) is 3.40. The summed E-state index contributed by atoms with van der Waals surface area (Å²) in [6.07, 6.45) is -2.48. The highest BCUT2D eigenvalue weighted by Gasteiger charge is 2.34. The highest BCUT2D eigenvalue weighted by Crippen LogP contribution is 2.42. The summed E-state index contributed by atoms with van der Waals surface area (Å²) in [6, 6.07) is 5.38. The van der Waals surface area contributed by atoms with E-state index < -0.39 is 11.7 Å². The molecule has 0 bridgehead atoms. The normalized spacial score (nSPS) is 14.5. The van der Waals surface area contributed by atoms with Crippen LogP contribution in [0.25, 0.3) is 0 Å². The maximum absolute atomic E-state index is 13.3. The second kappa shape index (κ2) is 7.90. The number of hydrogen-bond donors (Lipinski definition) is 2. The Morgan fingerprint density at radius 3 is 2.59 bits per heavy atom. The van der Waals surface area contributed by atoms with E-state index in [2.05, 4.69) is 20.6 Å². The molecule has 0 spiro atoms. The molecule has 0 aliphatic heterocycles. The van der Waals surface area contributed by atoms with Gasteiger partial charge in [0.05, 0.1) is 22.0 Å². The number of anilines is 3. The van der Waals surface area contributed by atoms with Crippen LogP contribution in [0.2, 0.25) is 5.02 Å². The second-order valence-electron chi connectivity index (χ2n) is 6.79. The summed E-state index contributed by atoms with van der Waals surface area (Å²) in [4.78, 5) is 10.8. The van der Waals surface area contributed by atoms with Crippen molar-refractivity contribution in [3.63, 3.8) is 0 Å². The fourth-order valence-electron chi connectivity index (χ4n) is 2.60. The molecule has 3 rings (SSSR count). The van der Waals surface area contributed by atoms with Gasteiger partial charge >= 0.3 is 6.18 Å². The number of likely N-dealkylation sites (N-methyl/N-ethyl adjacent to an activating group) is 1. The number of nitrogens with zero attached hydrogens (tertiary/aromatic N) is 3. The van der Waals surface area contributed by atoms with Crippen LogP contribution >= 0.6 is 11.6 Å². The molecule has 1 saturated carbocycles. The Morgan fingerprint density at radius 2 is 1.96 bits per heavy atom. The van der Waals surface area contributed by atoms with Crippen LogP contribution in [-0.2, 0) is 6.18 Å². The molecule has 0 amide bonds. The Bertz CT molecular complexity index is 806. The predicted molar refractivity (Wildman–Crippen MR) is 101 cm³/mol. The molecular weight excluding hydrogens is 379 g/mol. The molecular formula is C18H21ClF3N5. The topological polar surface area (TPSA) is 53.1 Å². The minimum Gasteiger partial charge on any atom is -0.353 e. The van der Waals surface area contributed by atoms with E-state index in [1.54, 1.807) is 6.07 Å². The molecule has 0 atom stereocenters. The molecule has 1 aromatic carbocycles. The molecule has 146 valence electrons. The minimum absolute atomic E-state index is 0.0153. The highest BCUT2D eigenvalue weighted by atomic mass is 35.5. The standard InChI is InChI=1S/C18H21ClF3N5/c1-27(2)9-8-23-17-24-14(11-6-7-11)10-15(26-17)25-16-12(18(20,21)22)4-3-5-13(16)19/h3-5,10-11H,6-9H2,1-2H3,(H2,23,24,25,26). The summed E-state index contributed by atoms with van der Waals surface area (Å²) in [6.45, 7) is 1.41. The van der Waals surface area contributed by atoms with Crippen LogP contribution in [0.1, 0.15) is 30.0 Å². The first-order valence-corrected chi connectivity index (χ1v) is 9.02. The first kappa shape index (κ1) is 19.7. The van der Waals surface area contributed by atoms with Gasteiger partial charge in [-0.2, -0.15) is 18.2 Å². The van der Waals surface area contributed by atoms with E-state index >= 15 is 0 Å². The molecule has 2 aromatic rings. The zero-order valence-electron chi connectivity index (χ0n) is 15.1. The van der Waals surface area contributed by atoms with E-state index in [4.69, 9.17) is 11.6 Å². The number of benzene rings is 1. The van der Waals surface area contributed by atoms with Crippen LogP contribution in [-0.4, -0.2) is 42.1 Å². The number of rotatable bonds is 7. The molecule has 1 aliphatic rings. The molecule has 1 aromatic heterocycles. The Kier molecular flexibility index (Phi) is 5.76. The van der Waals surface area contributed by atoms with Crippen molar-refractivity contribution < 1.29 is 13.2 Å². The Morgan fingerprint density at radius 1 is 1.22 bits per heavy atom. The lowest BCUT2D eigenvalue weighted by atomic mass is 10.1. The number of alkyl halides is 3. The van der Waals surface area contributed by atoms with E-state index in [9.17, 15) is 13.2 Å². The van der Waals surface area contributed by atoms with Crippen LogP contribution in [0.15, 0.2) is 24.3 Å². The van der Waals surface area contributed by atoms with E-state index in [0.29, 0.717) is 18.4 Å². The van der Waals surface area contributed by atoms with Gasteiger partial charge in [-0.15, -0.1) is 0 Å². The molecule has 1 heterocycles. The largest absolute Gasteiger partial charge is 0.418 e. The zero-order valence-corrected chi connectivity index (χ0v) is 15.8. The third kappa shape index (κ3) is 5.23. The van der Waals surface area contributed by atoms with Crippen LogP contribution < -0.4 is 10.6 Å². The monoisotopic (exact) mass is 399 g/mol. The van der Waals surface area contributed by atoms with Crippen molar-refractivity contribution >= 4 is 29.1 Å². The lowest BCUT2D eigenvalue weighted by molar-refractivity contribution is -0.136. The number of hydrogen-bond acceptors (Lipinski definition) is 5. The summed E-state index contributed by atoms with van der Waals surface area (Å²) in [7, 11) is 3.90. The van der Waals surface area contributed by atoms with Crippen molar-refractivity contribution in [3.8, 4) is 0 Å². The maximum atomic E-state index is 13.3. The number of halogens is 4. The predicted octanol–water partition coefficient (Wildman–Crippen LogP) is 4.74. The van der Waals surface area contributed by atoms with Crippen molar-refractivity contribution in [2.75, 3.05) is 37.8 Å². The molecule has 0 radical (unpaired) electrons. The van der Waals surface area contributed by atoms with Gasteiger partial charge in [-0.1, -0.05) is 17.7 Å². The molecule has 1 aliphatic carbocycles. The molecule has 5 nitrogen and oxygen atoms in total. The number of aromatic nitrogens is 2. The number of nitrogens with one attached hydrogen (secondary N) is 2. The first-order chi connectivity index (χ1) is 12.7. The Labute approximate surface area is 161 Å². The maximum Gasteiger partial charge on any atom is 0.418 e. The zero-order chi connectivity index (χ0) is 19.6. The summed E-state index contributed by atoms with van der Waals surface area (Å²) >= 11 is 6.03. The van der Waals surface area contributed by atoms with E-state index in [-0.39, 0.29) is 16.5 Å². The van der Waals surface area contributed by atoms with Gasteiger partial charge < -0.3 is 15.5 Å². The average molecular weight is 400 g/mol. The van der Waals surface area contributed by atoms with Gasteiger partial charge in [0.15, 0.2) is 0 Å². The lowest BCUT2D eigenvalue weighted by Crippen LogP contribution is -2.21. The van der Waals surface area contributed by atoms with Gasteiger partial charge in [-0.3, -0.25) is 0 Å². The summed E-state index contributed by atoms with van der Waals surface area (Å²) in [5.74, 6) is 1.01. The Hall–Kier alpha value is -2.06. The van der Waals surface area contributed by atoms with Gasteiger partial charge in [0.2, 0.25) is 5.95 Å². The fraction of sp³-hybridized carbons (Fsp3) is 0.444. The fourth-order valence-corrected chi connectivity index (χ4v) is 2.83. The van der Waals surface area contributed by atoms with Gasteiger partial charge in [-0.05, 0) is 39.1 Å². The van der Waals surface area contributed by atoms with E-state index in [1.165, 1.54) is 12.1 Å². The minimum atomic E-state index is -4.52. The van der Waals surface area contributed by atoms with Gasteiger partial charge in [-0.25, -0.2) is 4.98 Å². The molecule has 0 unspecified atom stereocenters. The summed E-state index contributed by atoms with van der Waals surface area (Å²) in [5, 5.41) is 5.87. The smallest absolute Gasteiger partial charge is 0.353 e. The third-order valence-electron chi connectivity index (χ3n) is 4.16. The third-order valence-corrected chi connectivity index (χ3v) is 4.47. The lowest BCUT2D eigenvalue weighted by Gasteiger charge is -2.17. The SMILES string of the molecule is CN(C)CCNc1nc(Nc2c(Cl)cccc2C(F)(F)F)cc(C2CC2)n1. The van der Waals surface area contributed by atoms with Crippen LogP contribution in [0, 0.1) is 0 Å². The quantitative estimate of drug-likeness (QED) is 0.704. The molecule has 27 heavy (non-hydrogen) atoms. The van der Waals surface area contributed by atoms with Crippen molar-refractivity contribution in [2.24, 2.45) is 0 Å². The van der Waals surface area contributed by atoms with Gasteiger partial charge in [0.1, 0.15) is 5.82 Å². The van der Waals surface area contributed by atoms with Crippen molar-refractivity contribution in [2.45, 2.75) is 24.9 Å². The van der Waals surface area contributed by atoms with Crippen LogP contribution in [0.4, 0.5) is 30.6 Å². The van der Waals surface area contributed by atoms with Crippen LogP contribution in [0.5, 0.6) is 0 Å². The van der Waals surface area contributed by atoms with Crippen LogP contribution in [0.3, 0.4) is 0 Å². The number of para-hydroxylation sites is 1. The van der Waals surface area contributed by atoms with Crippen molar-refractivity contribution in [3.05, 3.63) is 40.5 Å². The molecule has 2 N–H and O–H groups in total. The second-order valence-corrected chi connectivity index (χ2v) is 7.20. The van der Waals surface area contributed by atoms with Gasteiger partial charge in [0.25, 0.3) is 0 Å². The van der Waals surface area contributed by atoms with Crippen molar-refractivity contribution in [1.29, 1.82) is 0 Å². The summed E-state index contributed by atoms with van der Waals surface area (Å²) < 4.78 is 40.0. The van der Waals surface area contributed by atoms with Crippen molar-refractivity contribution in [1.82, 2.24) is 14.9 Å². The molecule has 0 saturated heterocycles. The molecule has 9 heteroatoms. The van der Waals surface area contributed by atoms with E-state index in [0.717, 1.165) is 31.1 Å². The summed E-state index contributed by atoms with van der Waals surface area (Å²) in [5.41, 5.74) is -0.212. The molecule has 1 fully saturated rings.